The van der Waals surface area contributed by atoms with Crippen LogP contribution < -0.4 is 10.6 Å². The smallest absolute Gasteiger partial charge is 0.313 e. The van der Waals surface area contributed by atoms with Crippen LogP contribution in [0, 0.1) is 6.92 Å². The summed E-state index contributed by atoms with van der Waals surface area (Å²) in [4.78, 5) is 23.5. The summed E-state index contributed by atoms with van der Waals surface area (Å²) in [7, 11) is 0. The van der Waals surface area contributed by atoms with Gasteiger partial charge in [0.2, 0.25) is 0 Å². The lowest BCUT2D eigenvalue weighted by Crippen LogP contribution is -2.40. The Hall–Kier alpha value is -1.40. The van der Waals surface area contributed by atoms with Crippen molar-refractivity contribution >= 4 is 33.4 Å². The molecule has 1 rings (SSSR count). The minimum absolute atomic E-state index is 0.0731. The molecule has 0 fully saturated rings. The van der Waals surface area contributed by atoms with Gasteiger partial charge in [-0.15, -0.1) is 0 Å². The molecule has 0 aliphatic rings. The molecule has 3 N–H and O–H groups in total. The first-order valence-corrected chi connectivity index (χ1v) is 7.22. The Morgan fingerprint density at radius 2 is 2.05 bits per heavy atom. The van der Waals surface area contributed by atoms with Crippen LogP contribution in [-0.2, 0) is 9.59 Å². The first kappa shape index (κ1) is 16.7. The Labute approximate surface area is 126 Å². The fraction of sp³-hybridized carbons (Fsp3) is 0.429. The van der Waals surface area contributed by atoms with Crippen molar-refractivity contribution in [2.24, 2.45) is 0 Å². The predicted molar refractivity (Wildman–Crippen MR) is 81.4 cm³/mol. The van der Waals surface area contributed by atoms with E-state index in [0.717, 1.165) is 10.0 Å². The third-order valence-electron chi connectivity index (χ3n) is 2.83. The number of hydrogen-bond acceptors (Lipinski definition) is 3. The van der Waals surface area contributed by atoms with Crippen LogP contribution in [0.2, 0.25) is 0 Å². The second kappa shape index (κ2) is 8.01. The van der Waals surface area contributed by atoms with E-state index in [1.165, 1.54) is 0 Å². The topological polar surface area (TPSA) is 78.4 Å². The van der Waals surface area contributed by atoms with Crippen LogP contribution in [-0.4, -0.2) is 29.6 Å². The fourth-order valence-corrected chi connectivity index (χ4v) is 2.03. The molecule has 20 heavy (non-hydrogen) atoms. The maximum absolute atomic E-state index is 11.8. The van der Waals surface area contributed by atoms with Gasteiger partial charge in [0, 0.05) is 22.8 Å². The van der Waals surface area contributed by atoms with Crippen molar-refractivity contribution in [3.05, 3.63) is 28.2 Å². The number of benzene rings is 1. The Bertz CT molecular complexity index is 491. The van der Waals surface area contributed by atoms with Crippen LogP contribution in [0.4, 0.5) is 5.69 Å². The number of carbonyl (C=O) groups is 2. The highest BCUT2D eigenvalue weighted by molar-refractivity contribution is 9.10. The van der Waals surface area contributed by atoms with Gasteiger partial charge in [-0.3, -0.25) is 9.59 Å². The molecule has 0 radical (unpaired) electrons. The Morgan fingerprint density at radius 3 is 2.70 bits per heavy atom. The molecule has 5 nitrogen and oxygen atoms in total. The number of rotatable bonds is 5. The summed E-state index contributed by atoms with van der Waals surface area (Å²) in [5.41, 5.74) is 1.48. The third kappa shape index (κ3) is 5.30. The Kier molecular flexibility index (Phi) is 6.67. The van der Waals surface area contributed by atoms with Crippen LogP contribution in [0.15, 0.2) is 22.7 Å². The van der Waals surface area contributed by atoms with Crippen molar-refractivity contribution in [1.29, 1.82) is 0 Å². The molecule has 1 aromatic rings. The second-order valence-electron chi connectivity index (χ2n) is 4.65. The van der Waals surface area contributed by atoms with Gasteiger partial charge in [-0.05, 0) is 44.4 Å². The summed E-state index contributed by atoms with van der Waals surface area (Å²) in [6.07, 6.45) is 1.22. The zero-order chi connectivity index (χ0) is 15.1. The molecule has 1 unspecified atom stereocenters. The van der Waals surface area contributed by atoms with Crippen molar-refractivity contribution in [3.63, 3.8) is 0 Å². The number of aliphatic hydroxyl groups excluding tert-OH is 1. The molecule has 2 amide bonds. The molecule has 0 saturated carbocycles. The molecular formula is C14H19BrN2O3. The van der Waals surface area contributed by atoms with Gasteiger partial charge in [0.15, 0.2) is 0 Å². The average molecular weight is 343 g/mol. The van der Waals surface area contributed by atoms with Gasteiger partial charge in [0.05, 0.1) is 0 Å². The van der Waals surface area contributed by atoms with Gasteiger partial charge in [-0.2, -0.15) is 0 Å². The monoisotopic (exact) mass is 342 g/mol. The predicted octanol–water partition coefficient (Wildman–Crippen LogP) is 1.97. The van der Waals surface area contributed by atoms with E-state index in [9.17, 15) is 9.59 Å². The first-order valence-electron chi connectivity index (χ1n) is 6.43. The zero-order valence-electron chi connectivity index (χ0n) is 11.6. The van der Waals surface area contributed by atoms with Crippen LogP contribution in [0.5, 0.6) is 0 Å². The summed E-state index contributed by atoms with van der Waals surface area (Å²) < 4.78 is 0.829. The van der Waals surface area contributed by atoms with Gasteiger partial charge in [-0.1, -0.05) is 22.0 Å². The second-order valence-corrected chi connectivity index (χ2v) is 5.57. The Morgan fingerprint density at radius 1 is 1.35 bits per heavy atom. The largest absolute Gasteiger partial charge is 0.396 e. The molecule has 0 heterocycles. The van der Waals surface area contributed by atoms with Crippen molar-refractivity contribution in [2.45, 2.75) is 32.7 Å². The molecule has 0 saturated heterocycles. The molecule has 0 aliphatic heterocycles. The SMILES string of the molecule is Cc1ccc(Br)cc1NC(=O)C(=O)NC(C)CCCO. The highest BCUT2D eigenvalue weighted by Crippen LogP contribution is 2.20. The summed E-state index contributed by atoms with van der Waals surface area (Å²) in [5, 5.41) is 13.9. The maximum atomic E-state index is 11.8. The minimum atomic E-state index is -0.693. The van der Waals surface area contributed by atoms with E-state index in [4.69, 9.17) is 5.11 Å². The highest BCUT2D eigenvalue weighted by atomic mass is 79.9. The molecule has 0 aromatic heterocycles. The van der Waals surface area contributed by atoms with E-state index >= 15 is 0 Å². The van der Waals surface area contributed by atoms with Gasteiger partial charge >= 0.3 is 11.8 Å². The van der Waals surface area contributed by atoms with Gasteiger partial charge in [0.1, 0.15) is 0 Å². The summed E-state index contributed by atoms with van der Waals surface area (Å²) >= 11 is 3.32. The third-order valence-corrected chi connectivity index (χ3v) is 3.32. The normalized spacial score (nSPS) is 11.8. The standard InChI is InChI=1S/C14H19BrN2O3/c1-9-5-6-11(15)8-12(9)17-14(20)13(19)16-10(2)4-3-7-18/h5-6,8,10,18H,3-4,7H2,1-2H3,(H,16,19)(H,17,20). The number of hydrogen-bond donors (Lipinski definition) is 3. The lowest BCUT2D eigenvalue weighted by molar-refractivity contribution is -0.136. The molecule has 110 valence electrons. The number of aryl methyl sites for hydroxylation is 1. The molecule has 0 spiro atoms. The molecule has 1 aromatic carbocycles. The number of carbonyl (C=O) groups excluding carboxylic acids is 2. The first-order chi connectivity index (χ1) is 9.43. The number of anilines is 1. The molecule has 6 heteroatoms. The van der Waals surface area contributed by atoms with E-state index in [1.807, 2.05) is 19.1 Å². The summed E-state index contributed by atoms with van der Waals surface area (Å²) in [5.74, 6) is -1.36. The highest BCUT2D eigenvalue weighted by Gasteiger charge is 2.16. The summed E-state index contributed by atoms with van der Waals surface area (Å²) in [6, 6.07) is 5.31. The van der Waals surface area contributed by atoms with Crippen LogP contribution in [0.1, 0.15) is 25.3 Å². The number of nitrogens with one attached hydrogen (secondary N) is 2. The van der Waals surface area contributed by atoms with Crippen LogP contribution in [0.3, 0.4) is 0 Å². The minimum Gasteiger partial charge on any atom is -0.396 e. The number of amides is 2. The van der Waals surface area contributed by atoms with Crippen molar-refractivity contribution in [1.82, 2.24) is 5.32 Å². The zero-order valence-corrected chi connectivity index (χ0v) is 13.2. The number of aliphatic hydroxyl groups is 1. The quantitative estimate of drug-likeness (QED) is 0.716. The number of halogens is 1. The molecule has 0 aliphatic carbocycles. The lowest BCUT2D eigenvalue weighted by atomic mass is 10.2. The van der Waals surface area contributed by atoms with Gasteiger partial charge in [-0.25, -0.2) is 0 Å². The van der Waals surface area contributed by atoms with E-state index in [2.05, 4.69) is 26.6 Å². The van der Waals surface area contributed by atoms with Crippen molar-refractivity contribution < 1.29 is 14.7 Å². The van der Waals surface area contributed by atoms with Crippen molar-refractivity contribution in [2.75, 3.05) is 11.9 Å². The van der Waals surface area contributed by atoms with Gasteiger partial charge < -0.3 is 15.7 Å². The van der Waals surface area contributed by atoms with Gasteiger partial charge in [0.25, 0.3) is 0 Å². The average Bonchev–Trinajstić information content (AvgIpc) is 2.40. The fourth-order valence-electron chi connectivity index (χ4n) is 1.67. The van der Waals surface area contributed by atoms with E-state index in [1.54, 1.807) is 13.0 Å². The van der Waals surface area contributed by atoms with Crippen LogP contribution >= 0.6 is 15.9 Å². The molecular weight excluding hydrogens is 324 g/mol. The Balaban J connectivity index is 2.57. The molecule has 1 atom stereocenters. The summed E-state index contributed by atoms with van der Waals surface area (Å²) in [6.45, 7) is 3.72. The van der Waals surface area contributed by atoms with E-state index in [0.29, 0.717) is 18.5 Å². The maximum Gasteiger partial charge on any atom is 0.313 e. The lowest BCUT2D eigenvalue weighted by Gasteiger charge is -2.13. The van der Waals surface area contributed by atoms with Crippen molar-refractivity contribution in [3.8, 4) is 0 Å². The van der Waals surface area contributed by atoms with Crippen LogP contribution in [0.25, 0.3) is 0 Å². The van der Waals surface area contributed by atoms with E-state index < -0.39 is 11.8 Å². The molecule has 0 bridgehead atoms. The van der Waals surface area contributed by atoms with E-state index in [-0.39, 0.29) is 12.6 Å².